The van der Waals surface area contributed by atoms with Crippen LogP contribution in [0, 0.1) is 5.92 Å². The summed E-state index contributed by atoms with van der Waals surface area (Å²) in [5.41, 5.74) is 0. The van der Waals surface area contributed by atoms with Gasteiger partial charge in [-0.25, -0.2) is 0 Å². The van der Waals surface area contributed by atoms with Gasteiger partial charge in [0.1, 0.15) is 0 Å². The highest BCUT2D eigenvalue weighted by Gasteiger charge is 2.02. The minimum Gasteiger partial charge on any atom is -0.317 e. The van der Waals surface area contributed by atoms with Crippen LogP contribution >= 0.6 is 0 Å². The van der Waals surface area contributed by atoms with Crippen LogP contribution in [-0.2, 0) is 0 Å². The van der Waals surface area contributed by atoms with Crippen molar-refractivity contribution in [3.63, 3.8) is 0 Å². The van der Waals surface area contributed by atoms with Crippen molar-refractivity contribution in [1.29, 1.82) is 0 Å². The van der Waals surface area contributed by atoms with Crippen molar-refractivity contribution in [3.05, 3.63) is 24.3 Å². The van der Waals surface area contributed by atoms with Crippen LogP contribution in [0.4, 0.5) is 0 Å². The van der Waals surface area contributed by atoms with Gasteiger partial charge in [-0.3, -0.25) is 0 Å². The molecule has 1 nitrogen and oxygen atoms in total. The molecule has 0 heterocycles. The molecule has 14 heavy (non-hydrogen) atoms. The molecule has 1 heteroatoms. The Morgan fingerprint density at radius 2 is 1.71 bits per heavy atom. The SMILES string of the molecule is CCCCNCCCCC1C=CC=C1. The van der Waals surface area contributed by atoms with Crippen molar-refractivity contribution in [2.75, 3.05) is 13.1 Å². The molecule has 0 atom stereocenters. The van der Waals surface area contributed by atoms with Gasteiger partial charge in [0.05, 0.1) is 0 Å². The lowest BCUT2D eigenvalue weighted by Gasteiger charge is -2.06. The fourth-order valence-electron chi connectivity index (χ4n) is 1.73. The minimum atomic E-state index is 0.727. The van der Waals surface area contributed by atoms with Gasteiger partial charge in [0.15, 0.2) is 0 Å². The van der Waals surface area contributed by atoms with Crippen molar-refractivity contribution in [1.82, 2.24) is 5.32 Å². The first-order valence-corrected chi connectivity index (χ1v) is 5.99. The molecule has 0 spiro atoms. The van der Waals surface area contributed by atoms with Gasteiger partial charge in [0.25, 0.3) is 0 Å². The minimum absolute atomic E-state index is 0.727. The fraction of sp³-hybridized carbons (Fsp3) is 0.692. The number of nitrogens with one attached hydrogen (secondary N) is 1. The average molecular weight is 193 g/mol. The maximum absolute atomic E-state index is 3.48. The lowest BCUT2D eigenvalue weighted by atomic mass is 10.0. The second-order valence-electron chi connectivity index (χ2n) is 4.03. The van der Waals surface area contributed by atoms with Gasteiger partial charge in [0.2, 0.25) is 0 Å². The third kappa shape index (κ3) is 5.23. The van der Waals surface area contributed by atoms with Gasteiger partial charge >= 0.3 is 0 Å². The largest absolute Gasteiger partial charge is 0.317 e. The van der Waals surface area contributed by atoms with E-state index in [2.05, 4.69) is 36.5 Å². The summed E-state index contributed by atoms with van der Waals surface area (Å²) in [5, 5.41) is 3.48. The molecule has 1 aliphatic carbocycles. The molecule has 1 rings (SSSR count). The Morgan fingerprint density at radius 3 is 2.43 bits per heavy atom. The van der Waals surface area contributed by atoms with Crippen LogP contribution in [0.25, 0.3) is 0 Å². The fourth-order valence-corrected chi connectivity index (χ4v) is 1.73. The monoisotopic (exact) mass is 193 g/mol. The Labute approximate surface area is 88.3 Å². The molecule has 0 aromatic heterocycles. The van der Waals surface area contributed by atoms with E-state index < -0.39 is 0 Å². The van der Waals surface area contributed by atoms with Crippen LogP contribution in [-0.4, -0.2) is 13.1 Å². The molecular weight excluding hydrogens is 170 g/mol. The van der Waals surface area contributed by atoms with E-state index >= 15 is 0 Å². The van der Waals surface area contributed by atoms with E-state index in [0.717, 1.165) is 5.92 Å². The van der Waals surface area contributed by atoms with Crippen LogP contribution in [0.3, 0.4) is 0 Å². The second kappa shape index (κ2) is 7.81. The molecule has 80 valence electrons. The molecule has 1 N–H and O–H groups in total. The predicted octanol–water partition coefficient (Wildman–Crippen LogP) is 3.29. The van der Waals surface area contributed by atoms with Crippen molar-refractivity contribution in [2.45, 2.75) is 39.0 Å². The first-order chi connectivity index (χ1) is 6.93. The number of hydrogen-bond acceptors (Lipinski definition) is 1. The molecule has 0 saturated carbocycles. The van der Waals surface area contributed by atoms with E-state index in [-0.39, 0.29) is 0 Å². The van der Waals surface area contributed by atoms with Crippen molar-refractivity contribution < 1.29 is 0 Å². The van der Waals surface area contributed by atoms with E-state index in [1.54, 1.807) is 0 Å². The molecule has 0 aromatic carbocycles. The van der Waals surface area contributed by atoms with Crippen molar-refractivity contribution >= 4 is 0 Å². The molecule has 0 saturated heterocycles. The maximum atomic E-state index is 3.48. The summed E-state index contributed by atoms with van der Waals surface area (Å²) >= 11 is 0. The first-order valence-electron chi connectivity index (χ1n) is 5.99. The van der Waals surface area contributed by atoms with Crippen LogP contribution in [0.1, 0.15) is 39.0 Å². The molecular formula is C13H23N. The van der Waals surface area contributed by atoms with E-state index in [1.807, 2.05) is 0 Å². The number of allylic oxidation sites excluding steroid dienone is 4. The molecule has 0 bridgehead atoms. The molecule has 0 amide bonds. The van der Waals surface area contributed by atoms with Gasteiger partial charge < -0.3 is 5.32 Å². The highest BCUT2D eigenvalue weighted by atomic mass is 14.8. The Morgan fingerprint density at radius 1 is 1.00 bits per heavy atom. The van der Waals surface area contributed by atoms with Crippen LogP contribution in [0.2, 0.25) is 0 Å². The predicted molar refractivity (Wildman–Crippen MR) is 63.4 cm³/mol. The third-order valence-corrected chi connectivity index (χ3v) is 2.68. The lowest BCUT2D eigenvalue weighted by Crippen LogP contribution is -2.16. The van der Waals surface area contributed by atoms with Crippen molar-refractivity contribution in [2.24, 2.45) is 5.92 Å². The van der Waals surface area contributed by atoms with Gasteiger partial charge in [-0.15, -0.1) is 0 Å². The molecule has 0 fully saturated rings. The highest BCUT2D eigenvalue weighted by molar-refractivity contribution is 5.17. The summed E-state index contributed by atoms with van der Waals surface area (Å²) in [4.78, 5) is 0. The van der Waals surface area contributed by atoms with Crippen molar-refractivity contribution in [3.8, 4) is 0 Å². The second-order valence-corrected chi connectivity index (χ2v) is 4.03. The zero-order valence-corrected chi connectivity index (χ0v) is 9.34. The Kier molecular flexibility index (Phi) is 6.42. The van der Waals surface area contributed by atoms with E-state index in [9.17, 15) is 0 Å². The zero-order chi connectivity index (χ0) is 10.1. The molecule has 0 unspecified atom stereocenters. The molecule has 0 aromatic rings. The topological polar surface area (TPSA) is 12.0 Å². The third-order valence-electron chi connectivity index (χ3n) is 2.68. The van der Waals surface area contributed by atoms with Crippen LogP contribution in [0.5, 0.6) is 0 Å². The quantitative estimate of drug-likeness (QED) is 0.583. The van der Waals surface area contributed by atoms with E-state index in [4.69, 9.17) is 0 Å². The molecule has 0 radical (unpaired) electrons. The summed E-state index contributed by atoms with van der Waals surface area (Å²) in [7, 11) is 0. The Hall–Kier alpha value is -0.560. The summed E-state index contributed by atoms with van der Waals surface area (Å²) in [6.45, 7) is 4.63. The summed E-state index contributed by atoms with van der Waals surface area (Å²) in [6.07, 6.45) is 15.5. The summed E-state index contributed by atoms with van der Waals surface area (Å²) in [6, 6.07) is 0. The average Bonchev–Trinajstić information content (AvgIpc) is 2.69. The standard InChI is InChI=1S/C13H23N/c1-2-3-11-14-12-7-6-10-13-8-4-5-9-13/h4-5,8-9,13-14H,2-3,6-7,10-12H2,1H3. The summed E-state index contributed by atoms with van der Waals surface area (Å²) < 4.78 is 0. The lowest BCUT2D eigenvalue weighted by molar-refractivity contribution is 0.566. The normalized spacial score (nSPS) is 15.5. The number of rotatable bonds is 8. The smallest absolute Gasteiger partial charge is 0.00473 e. The van der Waals surface area contributed by atoms with Gasteiger partial charge in [-0.05, 0) is 38.3 Å². The Balaban J connectivity index is 1.80. The van der Waals surface area contributed by atoms with Gasteiger partial charge in [0, 0.05) is 0 Å². The Bertz CT molecular complexity index is 170. The highest BCUT2D eigenvalue weighted by Crippen LogP contribution is 2.15. The first kappa shape index (κ1) is 11.5. The molecule has 0 aliphatic heterocycles. The number of hydrogen-bond donors (Lipinski definition) is 1. The van der Waals surface area contributed by atoms with Gasteiger partial charge in [-0.2, -0.15) is 0 Å². The van der Waals surface area contributed by atoms with Crippen LogP contribution in [0.15, 0.2) is 24.3 Å². The summed E-state index contributed by atoms with van der Waals surface area (Å²) in [5.74, 6) is 0.727. The molecule has 1 aliphatic rings. The number of unbranched alkanes of at least 4 members (excludes halogenated alkanes) is 2. The maximum Gasteiger partial charge on any atom is -0.00473 e. The zero-order valence-electron chi connectivity index (χ0n) is 9.34. The van der Waals surface area contributed by atoms with Gasteiger partial charge in [-0.1, -0.05) is 44.1 Å². The van der Waals surface area contributed by atoms with E-state index in [0.29, 0.717) is 0 Å². The van der Waals surface area contributed by atoms with E-state index in [1.165, 1.54) is 45.2 Å². The van der Waals surface area contributed by atoms with Crippen LogP contribution < -0.4 is 5.32 Å².